The third kappa shape index (κ3) is 2.65. The summed E-state index contributed by atoms with van der Waals surface area (Å²) in [6.45, 7) is 6.01. The average Bonchev–Trinajstić information content (AvgIpc) is 3.07. The Bertz CT molecular complexity index is 565. The van der Waals surface area contributed by atoms with Gasteiger partial charge < -0.3 is 14.5 Å². The summed E-state index contributed by atoms with van der Waals surface area (Å²) in [6.07, 6.45) is 2.45. The molecule has 1 fully saturated rings. The molecule has 0 aliphatic carbocycles. The molecule has 3 rings (SSSR count). The van der Waals surface area contributed by atoms with Gasteiger partial charge in [-0.15, -0.1) is 0 Å². The third-order valence-electron chi connectivity index (χ3n) is 4.09. The number of benzene rings is 1. The number of fused-ring (bicyclic) bond motifs is 1. The van der Waals surface area contributed by atoms with Gasteiger partial charge in [-0.2, -0.15) is 0 Å². The van der Waals surface area contributed by atoms with Crippen molar-refractivity contribution in [1.82, 2.24) is 4.90 Å². The molecule has 2 aliphatic heterocycles. The Morgan fingerprint density at radius 3 is 2.62 bits per heavy atom. The van der Waals surface area contributed by atoms with Gasteiger partial charge in [0, 0.05) is 13.1 Å². The highest BCUT2D eigenvalue weighted by Crippen LogP contribution is 2.32. The predicted molar refractivity (Wildman–Crippen MR) is 80.0 cm³/mol. The summed E-state index contributed by atoms with van der Waals surface area (Å²) in [5.41, 5.74) is 1.18. The second-order valence-electron chi connectivity index (χ2n) is 5.45. The number of hydrogen-bond donors (Lipinski definition) is 0. The molecule has 0 bridgehead atoms. The first-order valence-electron chi connectivity index (χ1n) is 7.56. The number of ether oxygens (including phenoxy) is 1. The number of nitrogens with zero attached hydrogens (tertiary/aromatic N) is 2. The lowest BCUT2D eigenvalue weighted by Crippen LogP contribution is -2.37. The van der Waals surface area contributed by atoms with Crippen LogP contribution in [0.3, 0.4) is 0 Å². The Labute approximate surface area is 124 Å². The van der Waals surface area contributed by atoms with E-state index in [1.54, 1.807) is 11.0 Å². The zero-order valence-electron chi connectivity index (χ0n) is 12.3. The molecular formula is C16H20N2O3. The van der Waals surface area contributed by atoms with E-state index in [1.807, 2.05) is 19.1 Å². The zero-order chi connectivity index (χ0) is 14.8. The molecule has 112 valence electrons. The highest BCUT2D eigenvalue weighted by molar-refractivity contribution is 6.52. The molecule has 21 heavy (non-hydrogen) atoms. The van der Waals surface area contributed by atoms with Crippen molar-refractivity contribution in [3.63, 3.8) is 0 Å². The van der Waals surface area contributed by atoms with Crippen molar-refractivity contribution in [3.05, 3.63) is 23.8 Å². The van der Waals surface area contributed by atoms with E-state index in [0.29, 0.717) is 30.2 Å². The summed E-state index contributed by atoms with van der Waals surface area (Å²) >= 11 is 0. The summed E-state index contributed by atoms with van der Waals surface area (Å²) in [7, 11) is 0. The van der Waals surface area contributed by atoms with Crippen LogP contribution in [0, 0.1) is 0 Å². The monoisotopic (exact) mass is 288 g/mol. The summed E-state index contributed by atoms with van der Waals surface area (Å²) in [5.74, 6) is -0.204. The smallest absolute Gasteiger partial charge is 0.299 e. The molecule has 0 atom stereocenters. The lowest BCUT2D eigenvalue weighted by Gasteiger charge is -2.21. The molecule has 1 aromatic carbocycles. The van der Waals surface area contributed by atoms with E-state index in [2.05, 4.69) is 4.90 Å². The number of carbonyl (C=O) groups is 2. The molecule has 0 saturated carbocycles. The first-order valence-corrected chi connectivity index (χ1v) is 7.56. The molecule has 2 aliphatic rings. The topological polar surface area (TPSA) is 49.9 Å². The maximum Gasteiger partial charge on any atom is 0.299 e. The molecule has 0 N–H and O–H groups in total. The minimum Gasteiger partial charge on any atom is -0.494 e. The largest absolute Gasteiger partial charge is 0.494 e. The maximum absolute atomic E-state index is 12.2. The quantitative estimate of drug-likeness (QED) is 0.774. The molecule has 0 aromatic heterocycles. The highest BCUT2D eigenvalue weighted by Gasteiger charge is 2.36. The van der Waals surface area contributed by atoms with Gasteiger partial charge in [0.2, 0.25) is 0 Å². The highest BCUT2D eigenvalue weighted by atomic mass is 16.5. The standard InChI is InChI=1S/C16H20N2O3/c1-2-21-12-5-6-14-13(11-12)15(19)16(20)18(14)10-9-17-7-3-4-8-17/h5-6,11H,2-4,7-10H2,1H3. The van der Waals surface area contributed by atoms with Crippen LogP contribution in [0.25, 0.3) is 0 Å². The van der Waals surface area contributed by atoms with Gasteiger partial charge in [0.25, 0.3) is 11.7 Å². The van der Waals surface area contributed by atoms with Crippen LogP contribution in [0.15, 0.2) is 18.2 Å². The van der Waals surface area contributed by atoms with Crippen molar-refractivity contribution < 1.29 is 14.3 Å². The van der Waals surface area contributed by atoms with E-state index in [4.69, 9.17) is 4.74 Å². The molecule has 1 amide bonds. The summed E-state index contributed by atoms with van der Waals surface area (Å²) < 4.78 is 5.40. The SMILES string of the molecule is CCOc1ccc2c(c1)C(=O)C(=O)N2CCN1CCCC1. The Kier molecular flexibility index (Phi) is 3.92. The second-order valence-corrected chi connectivity index (χ2v) is 5.45. The minimum absolute atomic E-state index is 0.419. The first-order chi connectivity index (χ1) is 10.2. The number of Topliss-reactive ketones (excluding diaryl/α,β-unsaturated/α-hetero) is 1. The minimum atomic E-state index is -0.423. The van der Waals surface area contributed by atoms with Crippen molar-refractivity contribution >= 4 is 17.4 Å². The van der Waals surface area contributed by atoms with Gasteiger partial charge in [-0.05, 0) is 51.1 Å². The second kappa shape index (κ2) is 5.85. The lowest BCUT2D eigenvalue weighted by atomic mass is 10.1. The molecule has 0 radical (unpaired) electrons. The van der Waals surface area contributed by atoms with Crippen LogP contribution in [0.5, 0.6) is 5.75 Å². The molecule has 0 spiro atoms. The van der Waals surface area contributed by atoms with Crippen LogP contribution in [-0.4, -0.2) is 49.4 Å². The van der Waals surface area contributed by atoms with Crippen LogP contribution in [0.1, 0.15) is 30.1 Å². The average molecular weight is 288 g/mol. The molecule has 1 aromatic rings. The van der Waals surface area contributed by atoms with Crippen LogP contribution < -0.4 is 9.64 Å². The fraction of sp³-hybridized carbons (Fsp3) is 0.500. The molecule has 0 unspecified atom stereocenters. The fourth-order valence-electron chi connectivity index (χ4n) is 3.01. The summed E-state index contributed by atoms with van der Waals surface area (Å²) in [5, 5.41) is 0. The fourth-order valence-corrected chi connectivity index (χ4v) is 3.01. The van der Waals surface area contributed by atoms with Gasteiger partial charge in [-0.3, -0.25) is 9.59 Å². The van der Waals surface area contributed by atoms with E-state index in [-0.39, 0.29) is 0 Å². The molecule has 1 saturated heterocycles. The van der Waals surface area contributed by atoms with Crippen molar-refractivity contribution in [3.8, 4) is 5.75 Å². The number of rotatable bonds is 5. The number of carbonyl (C=O) groups excluding carboxylic acids is 2. The van der Waals surface area contributed by atoms with Gasteiger partial charge in [-0.25, -0.2) is 0 Å². The third-order valence-corrected chi connectivity index (χ3v) is 4.09. The number of hydrogen-bond acceptors (Lipinski definition) is 4. The van der Waals surface area contributed by atoms with Gasteiger partial charge in [0.15, 0.2) is 0 Å². The Hall–Kier alpha value is -1.88. The van der Waals surface area contributed by atoms with Crippen molar-refractivity contribution in [2.24, 2.45) is 0 Å². The van der Waals surface area contributed by atoms with Crippen molar-refractivity contribution in [1.29, 1.82) is 0 Å². The van der Waals surface area contributed by atoms with E-state index < -0.39 is 11.7 Å². The van der Waals surface area contributed by atoms with Crippen LogP contribution in [0.4, 0.5) is 5.69 Å². The zero-order valence-corrected chi connectivity index (χ0v) is 12.3. The first kappa shape index (κ1) is 14.1. The van der Waals surface area contributed by atoms with Gasteiger partial charge >= 0.3 is 0 Å². The molecule has 5 nitrogen and oxygen atoms in total. The molecule has 5 heteroatoms. The Balaban J connectivity index is 1.77. The molecular weight excluding hydrogens is 268 g/mol. The number of ketones is 1. The van der Waals surface area contributed by atoms with E-state index in [9.17, 15) is 9.59 Å². The summed E-state index contributed by atoms with van der Waals surface area (Å²) in [6, 6.07) is 5.30. The molecule has 2 heterocycles. The predicted octanol–water partition coefficient (Wildman–Crippen LogP) is 1.71. The number of anilines is 1. The van der Waals surface area contributed by atoms with E-state index >= 15 is 0 Å². The van der Waals surface area contributed by atoms with Gasteiger partial charge in [-0.1, -0.05) is 0 Å². The van der Waals surface area contributed by atoms with Crippen molar-refractivity contribution in [2.75, 3.05) is 37.7 Å². The lowest BCUT2D eigenvalue weighted by molar-refractivity contribution is -0.114. The van der Waals surface area contributed by atoms with E-state index in [0.717, 1.165) is 19.6 Å². The van der Waals surface area contributed by atoms with Crippen LogP contribution in [0.2, 0.25) is 0 Å². The number of amides is 1. The van der Waals surface area contributed by atoms with Crippen LogP contribution >= 0.6 is 0 Å². The Morgan fingerprint density at radius 2 is 1.90 bits per heavy atom. The van der Waals surface area contributed by atoms with Gasteiger partial charge in [0.05, 0.1) is 17.9 Å². The van der Waals surface area contributed by atoms with E-state index in [1.165, 1.54) is 12.8 Å². The summed E-state index contributed by atoms with van der Waals surface area (Å²) in [4.78, 5) is 28.2. The Morgan fingerprint density at radius 1 is 1.14 bits per heavy atom. The maximum atomic E-state index is 12.2. The van der Waals surface area contributed by atoms with Gasteiger partial charge in [0.1, 0.15) is 5.75 Å². The number of likely N-dealkylation sites (tertiary alicyclic amines) is 1. The van der Waals surface area contributed by atoms with Crippen LogP contribution in [-0.2, 0) is 4.79 Å². The normalized spacial score (nSPS) is 18.4. The van der Waals surface area contributed by atoms with Crippen molar-refractivity contribution in [2.45, 2.75) is 19.8 Å².